The average Bonchev–Trinajstić information content (AvgIpc) is 2.34. The minimum Gasteiger partial charge on any atom is -0.443 e. The van der Waals surface area contributed by atoms with Crippen molar-refractivity contribution in [1.29, 1.82) is 0 Å². The summed E-state index contributed by atoms with van der Waals surface area (Å²) in [7, 11) is 0. The Morgan fingerprint density at radius 1 is 1.17 bits per heavy atom. The van der Waals surface area contributed by atoms with E-state index in [2.05, 4.69) is 16.1 Å². The van der Waals surface area contributed by atoms with Gasteiger partial charge in [0, 0.05) is 19.4 Å². The normalized spacial score (nSPS) is 23.0. The molecular weight excluding hydrogens is 228 g/mol. The topological polar surface area (TPSA) is 43.2 Å². The SMILES string of the molecule is CC1=Nc2ccc3c4c2C(=CCC4N=C(C)O3)O1. The molecule has 4 heteroatoms. The predicted molar refractivity (Wildman–Crippen MR) is 69.4 cm³/mol. The molecule has 0 spiro atoms. The fourth-order valence-electron chi connectivity index (χ4n) is 2.77. The van der Waals surface area contributed by atoms with E-state index in [0.29, 0.717) is 5.90 Å². The third kappa shape index (κ3) is 1.20. The zero-order valence-electron chi connectivity index (χ0n) is 10.2. The molecule has 1 aromatic carbocycles. The van der Waals surface area contributed by atoms with Gasteiger partial charge in [-0.25, -0.2) is 9.98 Å². The zero-order chi connectivity index (χ0) is 12.3. The average molecular weight is 240 g/mol. The summed E-state index contributed by atoms with van der Waals surface area (Å²) in [5, 5.41) is 0. The zero-order valence-corrected chi connectivity index (χ0v) is 10.2. The van der Waals surface area contributed by atoms with Crippen molar-refractivity contribution in [3.05, 3.63) is 29.3 Å². The largest absolute Gasteiger partial charge is 0.443 e. The van der Waals surface area contributed by atoms with E-state index in [1.807, 2.05) is 26.0 Å². The summed E-state index contributed by atoms with van der Waals surface area (Å²) in [6.45, 7) is 3.76. The van der Waals surface area contributed by atoms with E-state index in [1.54, 1.807) is 0 Å². The molecule has 1 unspecified atom stereocenters. The van der Waals surface area contributed by atoms with E-state index < -0.39 is 0 Å². The smallest absolute Gasteiger partial charge is 0.192 e. The number of ether oxygens (including phenoxy) is 2. The summed E-state index contributed by atoms with van der Waals surface area (Å²) < 4.78 is 11.4. The molecule has 0 N–H and O–H groups in total. The first-order valence-electron chi connectivity index (χ1n) is 6.05. The first-order valence-corrected chi connectivity index (χ1v) is 6.05. The summed E-state index contributed by atoms with van der Waals surface area (Å²) >= 11 is 0. The van der Waals surface area contributed by atoms with E-state index in [1.165, 1.54) is 0 Å². The van der Waals surface area contributed by atoms with Crippen LogP contribution in [-0.4, -0.2) is 11.8 Å². The third-order valence-corrected chi connectivity index (χ3v) is 3.42. The molecule has 18 heavy (non-hydrogen) atoms. The van der Waals surface area contributed by atoms with E-state index in [0.717, 1.165) is 40.6 Å². The fraction of sp³-hybridized carbons (Fsp3) is 0.286. The molecule has 0 aromatic heterocycles. The van der Waals surface area contributed by atoms with Gasteiger partial charge in [0.25, 0.3) is 0 Å². The summed E-state index contributed by atoms with van der Waals surface area (Å²) in [5.41, 5.74) is 3.12. The highest BCUT2D eigenvalue weighted by atomic mass is 16.5. The van der Waals surface area contributed by atoms with Crippen molar-refractivity contribution in [3.8, 4) is 5.75 Å². The maximum Gasteiger partial charge on any atom is 0.192 e. The molecule has 0 amide bonds. The van der Waals surface area contributed by atoms with E-state index in [4.69, 9.17) is 9.47 Å². The van der Waals surface area contributed by atoms with Gasteiger partial charge >= 0.3 is 0 Å². The molecule has 90 valence electrons. The lowest BCUT2D eigenvalue weighted by Gasteiger charge is -2.31. The molecule has 1 aliphatic carbocycles. The van der Waals surface area contributed by atoms with Gasteiger partial charge in [0.2, 0.25) is 0 Å². The molecule has 4 nitrogen and oxygen atoms in total. The Labute approximate surface area is 105 Å². The van der Waals surface area contributed by atoms with Crippen molar-refractivity contribution in [2.24, 2.45) is 9.98 Å². The van der Waals surface area contributed by atoms with Crippen molar-refractivity contribution >= 4 is 23.2 Å². The number of aliphatic imine (C=N–C) groups is 2. The Bertz CT molecular complexity index is 656. The van der Waals surface area contributed by atoms with E-state index in [9.17, 15) is 0 Å². The minimum absolute atomic E-state index is 0.143. The molecule has 0 radical (unpaired) electrons. The van der Waals surface area contributed by atoms with Gasteiger partial charge in [-0.2, -0.15) is 0 Å². The Hall–Kier alpha value is -2.10. The number of hydrogen-bond acceptors (Lipinski definition) is 4. The van der Waals surface area contributed by atoms with Crippen LogP contribution in [-0.2, 0) is 4.74 Å². The monoisotopic (exact) mass is 240 g/mol. The quantitative estimate of drug-likeness (QED) is 0.697. The van der Waals surface area contributed by atoms with Crippen LogP contribution in [0.1, 0.15) is 37.4 Å². The number of rotatable bonds is 0. The lowest BCUT2D eigenvalue weighted by molar-refractivity contribution is 0.462. The van der Waals surface area contributed by atoms with Gasteiger partial charge in [0.1, 0.15) is 11.5 Å². The van der Waals surface area contributed by atoms with Gasteiger partial charge in [-0.05, 0) is 24.6 Å². The standard InChI is InChI=1S/C14H12N2O2/c1-7-15-9-3-6-12-14-10(16-8(2)18-12)4-5-11(17-7)13(9)14/h3,5-6,10H,4H2,1-2H3. The molecule has 1 atom stereocenters. The summed E-state index contributed by atoms with van der Waals surface area (Å²) in [6.07, 6.45) is 2.95. The van der Waals surface area contributed by atoms with Crippen LogP contribution in [0, 0.1) is 0 Å². The number of nitrogens with zero attached hydrogens (tertiary/aromatic N) is 2. The van der Waals surface area contributed by atoms with Crippen molar-refractivity contribution in [2.75, 3.05) is 0 Å². The molecule has 3 aliphatic rings. The van der Waals surface area contributed by atoms with Crippen LogP contribution in [0.5, 0.6) is 5.75 Å². The predicted octanol–water partition coefficient (Wildman–Crippen LogP) is 3.36. The Morgan fingerprint density at radius 3 is 2.94 bits per heavy atom. The molecule has 0 saturated heterocycles. The summed E-state index contributed by atoms with van der Waals surface area (Å²) in [5.74, 6) is 3.18. The minimum atomic E-state index is 0.143. The Morgan fingerprint density at radius 2 is 2.06 bits per heavy atom. The van der Waals surface area contributed by atoms with Crippen molar-refractivity contribution < 1.29 is 9.47 Å². The first kappa shape index (κ1) is 9.88. The first-order chi connectivity index (χ1) is 8.72. The molecule has 1 aromatic rings. The van der Waals surface area contributed by atoms with Gasteiger partial charge in [-0.3, -0.25) is 0 Å². The van der Waals surface area contributed by atoms with Crippen LogP contribution in [0.3, 0.4) is 0 Å². The second kappa shape index (κ2) is 3.22. The van der Waals surface area contributed by atoms with Gasteiger partial charge in [-0.15, -0.1) is 0 Å². The van der Waals surface area contributed by atoms with E-state index >= 15 is 0 Å². The molecule has 0 saturated carbocycles. The van der Waals surface area contributed by atoms with Crippen molar-refractivity contribution in [3.63, 3.8) is 0 Å². The fourth-order valence-corrected chi connectivity index (χ4v) is 2.77. The molecular formula is C14H12N2O2. The van der Waals surface area contributed by atoms with Crippen LogP contribution >= 0.6 is 0 Å². The van der Waals surface area contributed by atoms with E-state index in [-0.39, 0.29) is 6.04 Å². The van der Waals surface area contributed by atoms with Crippen LogP contribution < -0.4 is 4.74 Å². The van der Waals surface area contributed by atoms with Gasteiger partial charge in [0.15, 0.2) is 11.8 Å². The Kier molecular flexibility index (Phi) is 1.77. The molecule has 0 fully saturated rings. The van der Waals surface area contributed by atoms with Crippen LogP contribution in [0.15, 0.2) is 28.2 Å². The third-order valence-electron chi connectivity index (χ3n) is 3.42. The molecule has 0 bridgehead atoms. The highest BCUT2D eigenvalue weighted by Gasteiger charge is 2.33. The van der Waals surface area contributed by atoms with Crippen LogP contribution in [0.4, 0.5) is 5.69 Å². The maximum absolute atomic E-state index is 5.70. The molecule has 2 heterocycles. The highest BCUT2D eigenvalue weighted by molar-refractivity contribution is 5.93. The molecule has 2 aliphatic heterocycles. The highest BCUT2D eigenvalue weighted by Crippen LogP contribution is 2.48. The van der Waals surface area contributed by atoms with Gasteiger partial charge < -0.3 is 9.47 Å². The Balaban J connectivity index is 2.04. The second-order valence-corrected chi connectivity index (χ2v) is 4.67. The number of hydrogen-bond donors (Lipinski definition) is 0. The summed E-state index contributed by atoms with van der Waals surface area (Å²) in [4.78, 5) is 8.99. The lowest BCUT2D eigenvalue weighted by atomic mass is 9.88. The van der Waals surface area contributed by atoms with Crippen molar-refractivity contribution in [2.45, 2.75) is 26.3 Å². The number of benzene rings is 1. The van der Waals surface area contributed by atoms with Crippen molar-refractivity contribution in [1.82, 2.24) is 0 Å². The van der Waals surface area contributed by atoms with Gasteiger partial charge in [0.05, 0.1) is 17.3 Å². The maximum atomic E-state index is 5.70. The second-order valence-electron chi connectivity index (χ2n) is 4.67. The summed E-state index contributed by atoms with van der Waals surface area (Å²) in [6, 6.07) is 4.10. The lowest BCUT2D eigenvalue weighted by Crippen LogP contribution is -2.20. The van der Waals surface area contributed by atoms with Gasteiger partial charge in [-0.1, -0.05) is 0 Å². The van der Waals surface area contributed by atoms with Crippen LogP contribution in [0.2, 0.25) is 0 Å². The van der Waals surface area contributed by atoms with Crippen LogP contribution in [0.25, 0.3) is 5.76 Å². The molecule has 4 rings (SSSR count).